The summed E-state index contributed by atoms with van der Waals surface area (Å²) < 4.78 is 7.52. The van der Waals surface area contributed by atoms with Crippen LogP contribution in [0.4, 0.5) is 5.69 Å². The second-order valence-electron chi connectivity index (χ2n) is 8.74. The van der Waals surface area contributed by atoms with Crippen molar-refractivity contribution in [2.45, 2.75) is 19.6 Å². The highest BCUT2D eigenvalue weighted by Crippen LogP contribution is 2.35. The molecule has 37 heavy (non-hydrogen) atoms. The van der Waals surface area contributed by atoms with Gasteiger partial charge < -0.3 is 9.64 Å². The smallest absolute Gasteiger partial charge is 0.338 e. The summed E-state index contributed by atoms with van der Waals surface area (Å²) in [6.45, 7) is 1.86. The zero-order valence-corrected chi connectivity index (χ0v) is 21.6. The Labute approximate surface area is 219 Å². The van der Waals surface area contributed by atoms with Gasteiger partial charge in [0.1, 0.15) is 17.2 Å². The first kappa shape index (κ1) is 23.3. The minimum absolute atomic E-state index is 0.111. The molecule has 1 amide bonds. The Balaban J connectivity index is 1.51. The number of esters is 1. The van der Waals surface area contributed by atoms with Gasteiger partial charge in [-0.2, -0.15) is 0 Å². The summed E-state index contributed by atoms with van der Waals surface area (Å²) in [6.07, 6.45) is 0. The molecular formula is C28H21N3O4S2. The minimum atomic E-state index is -0.696. The fourth-order valence-corrected chi connectivity index (χ4v) is 6.70. The predicted octanol–water partition coefficient (Wildman–Crippen LogP) is 3.39. The molecule has 0 spiro atoms. The highest BCUT2D eigenvalue weighted by Gasteiger charge is 2.36. The summed E-state index contributed by atoms with van der Waals surface area (Å²) >= 11 is 2.62. The highest BCUT2D eigenvalue weighted by atomic mass is 32.1. The van der Waals surface area contributed by atoms with Crippen molar-refractivity contribution in [2.75, 3.05) is 11.9 Å². The highest BCUT2D eigenvalue weighted by molar-refractivity contribution is 7.10. The molecule has 0 unspecified atom stereocenters. The van der Waals surface area contributed by atoms with Crippen molar-refractivity contribution in [1.29, 1.82) is 0 Å². The Morgan fingerprint density at radius 2 is 1.78 bits per heavy atom. The number of thiophene rings is 1. The number of nitrogens with zero attached hydrogens (tertiary/aromatic N) is 3. The largest absolute Gasteiger partial charge is 0.457 e. The number of likely N-dealkylation sites (N-methyl/N-ethyl adjacent to an activating group) is 1. The second kappa shape index (κ2) is 9.10. The summed E-state index contributed by atoms with van der Waals surface area (Å²) in [4.78, 5) is 48.1. The number of allylic oxidation sites excluding steroid dienone is 1. The Bertz CT molecular complexity index is 1770. The number of thiazole rings is 1. The maximum absolute atomic E-state index is 14.0. The van der Waals surface area contributed by atoms with Gasteiger partial charge in [-0.05, 0) is 30.0 Å². The summed E-state index contributed by atoms with van der Waals surface area (Å²) in [6, 6.07) is 19.9. The Hall–Kier alpha value is -4.08. The fraction of sp³-hybridized carbons (Fsp3) is 0.143. The number of fused-ring (bicyclic) bond motifs is 2. The van der Waals surface area contributed by atoms with Crippen molar-refractivity contribution in [3.63, 3.8) is 0 Å². The Kier molecular flexibility index (Phi) is 5.73. The summed E-state index contributed by atoms with van der Waals surface area (Å²) in [5.41, 5.74) is 3.15. The van der Waals surface area contributed by atoms with E-state index in [-0.39, 0.29) is 18.1 Å². The monoisotopic (exact) mass is 527 g/mol. The molecule has 0 bridgehead atoms. The normalized spacial score (nSPS) is 17.9. The fourth-order valence-electron chi connectivity index (χ4n) is 4.74. The van der Waals surface area contributed by atoms with Crippen LogP contribution in [0.25, 0.3) is 5.57 Å². The third-order valence-electron chi connectivity index (χ3n) is 6.52. The molecule has 0 aliphatic carbocycles. The van der Waals surface area contributed by atoms with Gasteiger partial charge in [0.15, 0.2) is 4.80 Å². The van der Waals surface area contributed by atoms with Crippen LogP contribution >= 0.6 is 22.7 Å². The first-order valence-electron chi connectivity index (χ1n) is 11.6. The number of carbonyl (C=O) groups excluding carboxylic acids is 2. The van der Waals surface area contributed by atoms with Gasteiger partial charge in [-0.1, -0.05) is 65.9 Å². The number of hydrogen-bond donors (Lipinski definition) is 0. The molecule has 0 fully saturated rings. The lowest BCUT2D eigenvalue weighted by atomic mass is 10.0. The quantitative estimate of drug-likeness (QED) is 0.381. The van der Waals surface area contributed by atoms with Crippen molar-refractivity contribution in [3.8, 4) is 0 Å². The summed E-state index contributed by atoms with van der Waals surface area (Å²) in [5, 5.41) is 1.90. The maximum Gasteiger partial charge on any atom is 0.338 e. The molecule has 0 N–H and O–H groups in total. The molecule has 9 heteroatoms. The molecule has 4 aromatic rings. The number of carbonyl (C=O) groups is 2. The van der Waals surface area contributed by atoms with Gasteiger partial charge in [-0.25, -0.2) is 9.79 Å². The van der Waals surface area contributed by atoms with Gasteiger partial charge in [0, 0.05) is 17.5 Å². The lowest BCUT2D eigenvalue weighted by Gasteiger charge is -2.23. The van der Waals surface area contributed by atoms with Gasteiger partial charge in [0.05, 0.1) is 22.5 Å². The maximum atomic E-state index is 14.0. The molecule has 1 atom stereocenters. The van der Waals surface area contributed by atoms with E-state index in [4.69, 9.17) is 4.74 Å². The Morgan fingerprint density at radius 3 is 2.54 bits per heavy atom. The zero-order chi connectivity index (χ0) is 25.7. The first-order valence-corrected chi connectivity index (χ1v) is 13.3. The van der Waals surface area contributed by atoms with Crippen molar-refractivity contribution >= 4 is 45.8 Å². The molecule has 0 saturated heterocycles. The van der Waals surface area contributed by atoms with E-state index in [1.807, 2.05) is 72.1 Å². The number of aromatic nitrogens is 1. The zero-order valence-electron chi connectivity index (χ0n) is 20.0. The molecule has 2 aliphatic heterocycles. The van der Waals surface area contributed by atoms with Gasteiger partial charge in [0.2, 0.25) is 0 Å². The number of rotatable bonds is 4. The van der Waals surface area contributed by atoms with E-state index in [1.54, 1.807) is 18.9 Å². The summed E-state index contributed by atoms with van der Waals surface area (Å²) in [7, 11) is 1.70. The molecule has 0 saturated carbocycles. The molecule has 0 radical (unpaired) electrons. The number of para-hydroxylation sites is 1. The molecule has 4 heterocycles. The Morgan fingerprint density at radius 1 is 1.03 bits per heavy atom. The second-order valence-corrected chi connectivity index (χ2v) is 10.7. The molecular weight excluding hydrogens is 506 g/mol. The third-order valence-corrected chi connectivity index (χ3v) is 8.50. The van der Waals surface area contributed by atoms with E-state index >= 15 is 0 Å². The molecule has 6 rings (SSSR count). The molecule has 7 nitrogen and oxygen atoms in total. The van der Waals surface area contributed by atoms with Crippen molar-refractivity contribution < 1.29 is 14.3 Å². The van der Waals surface area contributed by atoms with Gasteiger partial charge >= 0.3 is 5.97 Å². The van der Waals surface area contributed by atoms with Gasteiger partial charge in [-0.15, -0.1) is 11.3 Å². The van der Waals surface area contributed by atoms with Crippen LogP contribution < -0.4 is 19.8 Å². The van der Waals surface area contributed by atoms with E-state index < -0.39 is 12.0 Å². The molecule has 2 aliphatic rings. The predicted molar refractivity (Wildman–Crippen MR) is 143 cm³/mol. The standard InChI is InChI=1S/C28H21N3O4S2/c1-16-21(27(34)35-15-17-9-4-3-5-10-17)23(20-13-8-14-36-20)31-26(33)24(37-28(31)29-16)22-18-11-6-7-12-19(18)30(2)25(22)32/h3-14,23H,15H2,1-2H3/b24-22-/t23-/m0/s1. The summed E-state index contributed by atoms with van der Waals surface area (Å²) in [5.74, 6) is -0.763. The van der Waals surface area contributed by atoms with Crippen LogP contribution in [0.1, 0.15) is 29.0 Å². The van der Waals surface area contributed by atoms with Crippen molar-refractivity contribution in [2.24, 2.45) is 4.99 Å². The first-order chi connectivity index (χ1) is 18.0. The number of anilines is 1. The average Bonchev–Trinajstić information content (AvgIpc) is 3.61. The SMILES string of the molecule is CC1=C(C(=O)OCc2ccccc2)[C@H](c2cccs2)n2c(s/c(=C3\C(=O)N(C)c4ccccc43)c2=O)=N1. The van der Waals surface area contributed by atoms with E-state index in [0.717, 1.165) is 16.1 Å². The number of benzene rings is 2. The van der Waals surface area contributed by atoms with E-state index in [9.17, 15) is 14.4 Å². The van der Waals surface area contributed by atoms with Crippen LogP contribution in [0.2, 0.25) is 0 Å². The topological polar surface area (TPSA) is 81.0 Å². The minimum Gasteiger partial charge on any atom is -0.457 e. The van der Waals surface area contributed by atoms with Crippen molar-refractivity contribution in [1.82, 2.24) is 4.57 Å². The van der Waals surface area contributed by atoms with Crippen molar-refractivity contribution in [3.05, 3.63) is 119 Å². The van der Waals surface area contributed by atoms with Crippen LogP contribution in [0.3, 0.4) is 0 Å². The molecule has 2 aromatic heterocycles. The molecule has 184 valence electrons. The van der Waals surface area contributed by atoms with E-state index in [0.29, 0.717) is 31.7 Å². The molecule has 2 aromatic carbocycles. The van der Waals surface area contributed by atoms with Gasteiger partial charge in [-0.3, -0.25) is 14.2 Å². The van der Waals surface area contributed by atoms with E-state index in [1.165, 1.54) is 27.2 Å². The number of hydrogen-bond acceptors (Lipinski definition) is 7. The van der Waals surface area contributed by atoms with Crippen LogP contribution in [0.5, 0.6) is 0 Å². The lowest BCUT2D eigenvalue weighted by Crippen LogP contribution is -2.40. The third kappa shape index (κ3) is 3.78. The lowest BCUT2D eigenvalue weighted by molar-refractivity contribution is -0.140. The number of ether oxygens (including phenoxy) is 1. The van der Waals surface area contributed by atoms with Crippen LogP contribution in [0, 0.1) is 0 Å². The number of amides is 1. The van der Waals surface area contributed by atoms with E-state index in [2.05, 4.69) is 4.99 Å². The average molecular weight is 528 g/mol. The van der Waals surface area contributed by atoms with Crippen LogP contribution in [-0.2, 0) is 20.9 Å². The van der Waals surface area contributed by atoms with Crippen LogP contribution in [0.15, 0.2) is 93.2 Å². The van der Waals surface area contributed by atoms with Gasteiger partial charge in [0.25, 0.3) is 11.5 Å². The van der Waals surface area contributed by atoms with Crippen LogP contribution in [-0.4, -0.2) is 23.5 Å².